The molecule has 0 radical (unpaired) electrons. The van der Waals surface area contributed by atoms with Crippen LogP contribution in [-0.4, -0.2) is 24.9 Å². The van der Waals surface area contributed by atoms with Crippen LogP contribution < -0.4 is 14.9 Å². The van der Waals surface area contributed by atoms with Gasteiger partial charge in [-0.05, 0) is 44.2 Å². The molecule has 1 aromatic heterocycles. The van der Waals surface area contributed by atoms with Crippen molar-refractivity contribution < 1.29 is 19.0 Å². The second-order valence-electron chi connectivity index (χ2n) is 6.51. The predicted octanol–water partition coefficient (Wildman–Crippen LogP) is 3.60. The average molecular weight is 364 g/mol. The van der Waals surface area contributed by atoms with Crippen molar-refractivity contribution >= 4 is 11.0 Å². The Hall–Kier alpha value is -3.23. The Balaban J connectivity index is 2.34. The number of aliphatic hydroxyl groups is 1. The summed E-state index contributed by atoms with van der Waals surface area (Å²) in [7, 11) is 3.08. The molecule has 27 heavy (non-hydrogen) atoms. The Bertz CT molecular complexity index is 1110. The molecule has 3 aromatic rings. The lowest BCUT2D eigenvalue weighted by molar-refractivity contribution is 0.143. The van der Waals surface area contributed by atoms with E-state index < -0.39 is 5.60 Å². The minimum atomic E-state index is -1.24. The Morgan fingerprint density at radius 2 is 1.74 bits per heavy atom. The maximum absolute atomic E-state index is 13.0. The van der Waals surface area contributed by atoms with Gasteiger partial charge in [-0.3, -0.25) is 4.79 Å². The Labute approximate surface area is 157 Å². The van der Waals surface area contributed by atoms with Crippen molar-refractivity contribution in [3.63, 3.8) is 0 Å². The molecule has 0 aliphatic rings. The van der Waals surface area contributed by atoms with Crippen LogP contribution in [0.3, 0.4) is 0 Å². The van der Waals surface area contributed by atoms with Gasteiger partial charge in [0.15, 0.2) is 17.3 Å². The van der Waals surface area contributed by atoms with E-state index in [2.05, 4.69) is 11.8 Å². The van der Waals surface area contributed by atoms with Crippen molar-refractivity contribution in [3.8, 4) is 34.7 Å². The number of benzene rings is 2. The summed E-state index contributed by atoms with van der Waals surface area (Å²) in [5.41, 5.74) is -0.231. The molecule has 0 aliphatic heterocycles. The van der Waals surface area contributed by atoms with Crippen LogP contribution in [0.15, 0.2) is 51.7 Å². The van der Waals surface area contributed by atoms with Gasteiger partial charge in [0.05, 0.1) is 19.6 Å². The van der Waals surface area contributed by atoms with E-state index in [-0.39, 0.29) is 11.0 Å². The molecule has 1 heterocycles. The Kier molecular flexibility index (Phi) is 4.93. The van der Waals surface area contributed by atoms with Crippen LogP contribution in [0.1, 0.15) is 19.4 Å². The maximum Gasteiger partial charge on any atom is 0.208 e. The summed E-state index contributed by atoms with van der Waals surface area (Å²) in [5.74, 6) is 6.88. The molecule has 1 N–H and O–H groups in total. The first kappa shape index (κ1) is 18.6. The number of fused-ring (bicyclic) bond motifs is 1. The summed E-state index contributed by atoms with van der Waals surface area (Å²) in [5, 5.41) is 10.4. The second kappa shape index (κ2) is 7.18. The summed E-state index contributed by atoms with van der Waals surface area (Å²) in [4.78, 5) is 13.0. The van der Waals surface area contributed by atoms with Crippen LogP contribution >= 0.6 is 0 Å². The van der Waals surface area contributed by atoms with Gasteiger partial charge >= 0.3 is 0 Å². The molecule has 0 fully saturated rings. The second-order valence-corrected chi connectivity index (χ2v) is 6.51. The topological polar surface area (TPSA) is 68.9 Å². The van der Waals surface area contributed by atoms with Crippen molar-refractivity contribution in [2.45, 2.75) is 19.4 Å². The van der Waals surface area contributed by atoms with Crippen LogP contribution in [0.25, 0.3) is 22.3 Å². The zero-order valence-corrected chi connectivity index (χ0v) is 15.6. The number of hydrogen-bond acceptors (Lipinski definition) is 5. The molecular weight excluding hydrogens is 344 g/mol. The van der Waals surface area contributed by atoms with Gasteiger partial charge in [0, 0.05) is 5.56 Å². The predicted molar refractivity (Wildman–Crippen MR) is 104 cm³/mol. The van der Waals surface area contributed by atoms with Gasteiger partial charge in [-0.25, -0.2) is 0 Å². The van der Waals surface area contributed by atoms with Crippen molar-refractivity contribution in [2.24, 2.45) is 0 Å². The quantitative estimate of drug-likeness (QED) is 0.719. The zero-order valence-electron chi connectivity index (χ0n) is 15.6. The number of hydrogen-bond donors (Lipinski definition) is 1. The zero-order chi connectivity index (χ0) is 19.6. The Morgan fingerprint density at radius 3 is 2.41 bits per heavy atom. The normalized spacial score (nSPS) is 11.0. The van der Waals surface area contributed by atoms with Gasteiger partial charge in [-0.2, -0.15) is 0 Å². The van der Waals surface area contributed by atoms with Crippen molar-refractivity contribution in [2.75, 3.05) is 14.2 Å². The molecule has 0 unspecified atom stereocenters. The van der Waals surface area contributed by atoms with Gasteiger partial charge < -0.3 is 19.0 Å². The molecule has 0 saturated carbocycles. The van der Waals surface area contributed by atoms with Crippen LogP contribution in [-0.2, 0) is 0 Å². The van der Waals surface area contributed by atoms with E-state index in [1.54, 1.807) is 63.4 Å². The summed E-state index contributed by atoms with van der Waals surface area (Å²) in [6.45, 7) is 3.11. The first-order valence-corrected chi connectivity index (χ1v) is 8.38. The van der Waals surface area contributed by atoms with Crippen LogP contribution in [0.4, 0.5) is 0 Å². The van der Waals surface area contributed by atoms with E-state index >= 15 is 0 Å². The molecule has 2 aromatic carbocycles. The molecule has 5 heteroatoms. The number of methoxy groups -OCH3 is 2. The Morgan fingerprint density at radius 1 is 1.04 bits per heavy atom. The summed E-state index contributed by atoms with van der Waals surface area (Å²) in [6, 6.07) is 12.2. The van der Waals surface area contributed by atoms with E-state index in [1.807, 2.05) is 0 Å². The SMILES string of the molecule is COc1ccc(-c2oc3ccccc3c(=O)c2C#CC(C)(C)O)cc1OC. The lowest BCUT2D eigenvalue weighted by Crippen LogP contribution is -2.16. The molecule has 0 aliphatic carbocycles. The highest BCUT2D eigenvalue weighted by atomic mass is 16.5. The lowest BCUT2D eigenvalue weighted by atomic mass is 10.0. The summed E-state index contributed by atoms with van der Waals surface area (Å²) in [6.07, 6.45) is 0. The largest absolute Gasteiger partial charge is 0.493 e. The van der Waals surface area contributed by atoms with Crippen LogP contribution in [0.5, 0.6) is 11.5 Å². The average Bonchev–Trinajstić information content (AvgIpc) is 2.65. The van der Waals surface area contributed by atoms with Crippen molar-refractivity contribution in [1.29, 1.82) is 0 Å². The first-order valence-electron chi connectivity index (χ1n) is 8.38. The highest BCUT2D eigenvalue weighted by molar-refractivity contribution is 5.82. The van der Waals surface area contributed by atoms with E-state index in [0.29, 0.717) is 33.8 Å². The monoisotopic (exact) mass is 364 g/mol. The lowest BCUT2D eigenvalue weighted by Gasteiger charge is -2.11. The third-order valence-electron chi connectivity index (χ3n) is 3.94. The van der Waals surface area contributed by atoms with E-state index in [4.69, 9.17) is 13.9 Å². The van der Waals surface area contributed by atoms with Gasteiger partial charge in [0.2, 0.25) is 5.43 Å². The highest BCUT2D eigenvalue weighted by Gasteiger charge is 2.17. The minimum Gasteiger partial charge on any atom is -0.493 e. The van der Waals surface area contributed by atoms with Crippen molar-refractivity contribution in [3.05, 3.63) is 58.3 Å². The molecule has 0 amide bonds. The van der Waals surface area contributed by atoms with E-state index in [9.17, 15) is 9.90 Å². The molecule has 0 bridgehead atoms. The molecule has 3 rings (SSSR count). The van der Waals surface area contributed by atoms with E-state index in [0.717, 1.165) is 0 Å². The third-order valence-corrected chi connectivity index (χ3v) is 3.94. The minimum absolute atomic E-state index is 0.183. The first-order chi connectivity index (χ1) is 12.8. The smallest absolute Gasteiger partial charge is 0.208 e. The van der Waals surface area contributed by atoms with Gasteiger partial charge in [0.25, 0.3) is 0 Å². The molecule has 0 atom stereocenters. The molecule has 0 saturated heterocycles. The van der Waals surface area contributed by atoms with Gasteiger partial charge in [-0.1, -0.05) is 24.0 Å². The van der Waals surface area contributed by atoms with Crippen LogP contribution in [0.2, 0.25) is 0 Å². The highest BCUT2D eigenvalue weighted by Crippen LogP contribution is 2.34. The van der Waals surface area contributed by atoms with Gasteiger partial charge in [-0.15, -0.1) is 0 Å². The fourth-order valence-corrected chi connectivity index (χ4v) is 2.65. The molecule has 5 nitrogen and oxygen atoms in total. The van der Waals surface area contributed by atoms with Crippen molar-refractivity contribution in [1.82, 2.24) is 0 Å². The fraction of sp³-hybridized carbons (Fsp3) is 0.227. The summed E-state index contributed by atoms with van der Waals surface area (Å²) < 4.78 is 16.6. The maximum atomic E-state index is 13.0. The standard InChI is InChI=1S/C22H20O5/c1-22(2,24)12-11-16-20(23)15-7-5-6-8-17(15)27-21(16)14-9-10-18(25-3)19(13-14)26-4/h5-10,13,24H,1-4H3. The fourth-order valence-electron chi connectivity index (χ4n) is 2.65. The number of rotatable bonds is 3. The van der Waals surface area contributed by atoms with E-state index in [1.165, 1.54) is 7.11 Å². The summed E-state index contributed by atoms with van der Waals surface area (Å²) >= 11 is 0. The molecular formula is C22H20O5. The third kappa shape index (κ3) is 3.81. The molecule has 138 valence electrons. The van der Waals surface area contributed by atoms with Crippen LogP contribution in [0, 0.1) is 11.8 Å². The van der Waals surface area contributed by atoms with Gasteiger partial charge in [0.1, 0.15) is 16.7 Å². The number of para-hydroxylation sites is 1. The number of ether oxygens (including phenoxy) is 2. The molecule has 0 spiro atoms.